The number of carbonyl (C=O) groups is 2. The molecule has 0 atom stereocenters. The molecule has 0 saturated heterocycles. The van der Waals surface area contributed by atoms with E-state index in [9.17, 15) is 9.59 Å². The predicted molar refractivity (Wildman–Crippen MR) is 99.7 cm³/mol. The van der Waals surface area contributed by atoms with E-state index in [1.54, 1.807) is 29.7 Å². The number of nitrogens with one attached hydrogen (secondary N) is 2. The largest absolute Gasteiger partial charge is 0.318 e. The minimum absolute atomic E-state index is 0.243. The molecule has 10 heteroatoms. The van der Waals surface area contributed by atoms with Crippen molar-refractivity contribution in [3.05, 3.63) is 41.2 Å². The molecule has 27 heavy (non-hydrogen) atoms. The van der Waals surface area contributed by atoms with Crippen LogP contribution in [0.3, 0.4) is 0 Å². The van der Waals surface area contributed by atoms with Crippen LogP contribution >= 0.6 is 0 Å². The van der Waals surface area contributed by atoms with E-state index < -0.39 is 0 Å². The second-order valence-corrected chi connectivity index (χ2v) is 6.17. The van der Waals surface area contributed by atoms with E-state index in [0.29, 0.717) is 23.5 Å². The van der Waals surface area contributed by atoms with Crippen LogP contribution in [0.2, 0.25) is 0 Å². The Hall–Kier alpha value is -3.43. The SMILES string of the molecule is CCn1ncc(C(=O)Nc2cnn(C)c2C(=O)Nc2cnn(C)c2C)c1C. The van der Waals surface area contributed by atoms with E-state index in [-0.39, 0.29) is 17.5 Å². The average Bonchev–Trinajstić information content (AvgIpc) is 3.28. The quantitative estimate of drug-likeness (QED) is 0.707. The Bertz CT molecular complexity index is 1010. The Morgan fingerprint density at radius 1 is 0.889 bits per heavy atom. The van der Waals surface area contributed by atoms with Crippen molar-refractivity contribution in [3.63, 3.8) is 0 Å². The van der Waals surface area contributed by atoms with Gasteiger partial charge in [-0.2, -0.15) is 15.3 Å². The van der Waals surface area contributed by atoms with Crippen LogP contribution in [0.25, 0.3) is 0 Å². The molecule has 3 aromatic rings. The molecular weight excluding hydrogens is 348 g/mol. The summed E-state index contributed by atoms with van der Waals surface area (Å²) in [6, 6.07) is 0. The molecule has 0 unspecified atom stereocenters. The van der Waals surface area contributed by atoms with E-state index in [2.05, 4.69) is 25.9 Å². The lowest BCUT2D eigenvalue weighted by atomic mass is 10.2. The number of nitrogens with zero attached hydrogens (tertiary/aromatic N) is 6. The zero-order valence-corrected chi connectivity index (χ0v) is 15.9. The van der Waals surface area contributed by atoms with Crippen molar-refractivity contribution in [1.29, 1.82) is 0 Å². The lowest BCUT2D eigenvalue weighted by molar-refractivity contribution is 0.101. The number of carbonyl (C=O) groups excluding carboxylic acids is 2. The molecule has 3 rings (SSSR count). The lowest BCUT2D eigenvalue weighted by Gasteiger charge is -2.09. The van der Waals surface area contributed by atoms with Gasteiger partial charge < -0.3 is 10.6 Å². The molecule has 0 spiro atoms. The molecule has 0 aliphatic carbocycles. The first-order valence-corrected chi connectivity index (χ1v) is 8.49. The standard InChI is InChI=1S/C17H22N8O2/c1-6-25-10(2)12(7-20-25)16(26)22-14-9-19-24(5)15(14)17(27)21-13-8-18-23(4)11(13)3/h7-9H,6H2,1-5H3,(H,21,27)(H,22,26). The van der Waals surface area contributed by atoms with Gasteiger partial charge in [0.2, 0.25) is 0 Å². The third kappa shape index (κ3) is 3.33. The van der Waals surface area contributed by atoms with Crippen LogP contribution in [0.4, 0.5) is 11.4 Å². The second kappa shape index (κ2) is 7.06. The maximum Gasteiger partial charge on any atom is 0.276 e. The number of rotatable bonds is 5. The Balaban J connectivity index is 1.83. The van der Waals surface area contributed by atoms with E-state index in [1.807, 2.05) is 20.8 Å². The normalized spacial score (nSPS) is 10.9. The highest BCUT2D eigenvalue weighted by Crippen LogP contribution is 2.20. The van der Waals surface area contributed by atoms with Gasteiger partial charge in [-0.05, 0) is 20.8 Å². The third-order valence-corrected chi connectivity index (χ3v) is 4.53. The summed E-state index contributed by atoms with van der Waals surface area (Å²) in [6.07, 6.45) is 4.54. The van der Waals surface area contributed by atoms with Crippen LogP contribution in [0.5, 0.6) is 0 Å². The van der Waals surface area contributed by atoms with Crippen molar-refractivity contribution >= 4 is 23.2 Å². The number of aryl methyl sites for hydroxylation is 3. The van der Waals surface area contributed by atoms with Gasteiger partial charge >= 0.3 is 0 Å². The monoisotopic (exact) mass is 370 g/mol. The fourth-order valence-corrected chi connectivity index (χ4v) is 2.78. The van der Waals surface area contributed by atoms with Gasteiger partial charge in [0.1, 0.15) is 5.69 Å². The van der Waals surface area contributed by atoms with Gasteiger partial charge in [0.25, 0.3) is 11.8 Å². The number of anilines is 2. The summed E-state index contributed by atoms with van der Waals surface area (Å²) in [6.45, 7) is 6.30. The zero-order valence-electron chi connectivity index (χ0n) is 15.9. The van der Waals surface area contributed by atoms with Crippen molar-refractivity contribution < 1.29 is 9.59 Å². The first-order chi connectivity index (χ1) is 12.8. The highest BCUT2D eigenvalue weighted by molar-refractivity contribution is 6.11. The topological polar surface area (TPSA) is 112 Å². The van der Waals surface area contributed by atoms with Gasteiger partial charge in [-0.15, -0.1) is 0 Å². The van der Waals surface area contributed by atoms with Crippen molar-refractivity contribution in [2.45, 2.75) is 27.3 Å². The summed E-state index contributed by atoms with van der Waals surface area (Å²) in [5, 5.41) is 17.9. The maximum absolute atomic E-state index is 12.7. The van der Waals surface area contributed by atoms with Gasteiger partial charge in [-0.1, -0.05) is 0 Å². The molecule has 0 aromatic carbocycles. The van der Waals surface area contributed by atoms with Crippen molar-refractivity contribution in [2.24, 2.45) is 14.1 Å². The molecule has 2 N–H and O–H groups in total. The molecule has 0 aliphatic heterocycles. The fourth-order valence-electron chi connectivity index (χ4n) is 2.78. The fraction of sp³-hybridized carbons (Fsp3) is 0.353. The number of aromatic nitrogens is 6. The van der Waals surface area contributed by atoms with E-state index in [1.165, 1.54) is 17.1 Å². The molecule has 3 heterocycles. The summed E-state index contributed by atoms with van der Waals surface area (Å²) in [5.41, 5.74) is 3.20. The number of hydrogen-bond donors (Lipinski definition) is 2. The van der Waals surface area contributed by atoms with Crippen LogP contribution in [-0.4, -0.2) is 41.2 Å². The zero-order chi connectivity index (χ0) is 19.7. The van der Waals surface area contributed by atoms with Gasteiger partial charge in [0.05, 0.1) is 41.2 Å². The van der Waals surface area contributed by atoms with Crippen LogP contribution in [0.1, 0.15) is 39.2 Å². The van der Waals surface area contributed by atoms with Crippen molar-refractivity contribution in [2.75, 3.05) is 10.6 Å². The van der Waals surface area contributed by atoms with E-state index >= 15 is 0 Å². The molecule has 3 aromatic heterocycles. The van der Waals surface area contributed by atoms with Gasteiger partial charge in [0, 0.05) is 26.3 Å². The molecule has 142 valence electrons. The molecule has 0 aliphatic rings. The molecular formula is C17H22N8O2. The maximum atomic E-state index is 12.7. The summed E-state index contributed by atoms with van der Waals surface area (Å²) < 4.78 is 4.81. The van der Waals surface area contributed by atoms with Crippen LogP contribution < -0.4 is 10.6 Å². The third-order valence-electron chi connectivity index (χ3n) is 4.53. The molecule has 0 bridgehead atoms. The molecule has 2 amide bonds. The minimum Gasteiger partial charge on any atom is -0.318 e. The minimum atomic E-state index is -0.387. The smallest absolute Gasteiger partial charge is 0.276 e. The first-order valence-electron chi connectivity index (χ1n) is 8.49. The molecule has 0 radical (unpaired) electrons. The Morgan fingerprint density at radius 3 is 2.11 bits per heavy atom. The van der Waals surface area contributed by atoms with E-state index in [0.717, 1.165) is 11.4 Å². The van der Waals surface area contributed by atoms with Gasteiger partial charge in [-0.3, -0.25) is 23.6 Å². The van der Waals surface area contributed by atoms with Crippen LogP contribution in [0.15, 0.2) is 18.6 Å². The summed E-state index contributed by atoms with van der Waals surface area (Å²) in [7, 11) is 3.43. The highest BCUT2D eigenvalue weighted by atomic mass is 16.2. The Morgan fingerprint density at radius 2 is 1.52 bits per heavy atom. The van der Waals surface area contributed by atoms with Crippen LogP contribution in [-0.2, 0) is 20.6 Å². The summed E-state index contributed by atoms with van der Waals surface area (Å²) in [5.74, 6) is -0.728. The highest BCUT2D eigenvalue weighted by Gasteiger charge is 2.22. The lowest BCUT2D eigenvalue weighted by Crippen LogP contribution is -2.20. The number of hydrogen-bond acceptors (Lipinski definition) is 5. The number of amides is 2. The van der Waals surface area contributed by atoms with E-state index in [4.69, 9.17) is 0 Å². The van der Waals surface area contributed by atoms with Crippen molar-refractivity contribution in [3.8, 4) is 0 Å². The Labute approximate surface area is 156 Å². The van der Waals surface area contributed by atoms with Crippen molar-refractivity contribution in [1.82, 2.24) is 29.3 Å². The first kappa shape index (κ1) is 18.4. The molecule has 10 nitrogen and oxygen atoms in total. The summed E-state index contributed by atoms with van der Waals surface area (Å²) >= 11 is 0. The molecule has 0 saturated carbocycles. The Kier molecular flexibility index (Phi) is 4.80. The van der Waals surface area contributed by atoms with Crippen LogP contribution in [0, 0.1) is 13.8 Å². The second-order valence-electron chi connectivity index (χ2n) is 6.17. The molecule has 0 fully saturated rings. The average molecular weight is 370 g/mol. The van der Waals surface area contributed by atoms with Gasteiger partial charge in [-0.25, -0.2) is 0 Å². The van der Waals surface area contributed by atoms with Gasteiger partial charge in [0.15, 0.2) is 0 Å². The summed E-state index contributed by atoms with van der Waals surface area (Å²) in [4.78, 5) is 25.4. The predicted octanol–water partition coefficient (Wildman–Crippen LogP) is 1.49.